The maximum Gasteiger partial charge on any atom is 0.471 e. The summed E-state index contributed by atoms with van der Waals surface area (Å²) in [6.45, 7) is 5.07. The number of hydrogen-bond acceptors (Lipinski definition) is 6. The Balaban J connectivity index is 1.77. The van der Waals surface area contributed by atoms with Gasteiger partial charge in [-0.3, -0.25) is 19.2 Å². The molecule has 1 saturated carbocycles. The highest BCUT2D eigenvalue weighted by Gasteiger charge is 2.69. The van der Waals surface area contributed by atoms with Gasteiger partial charge in [-0.05, 0) is 63.6 Å². The van der Waals surface area contributed by atoms with E-state index in [1.165, 1.54) is 4.90 Å². The van der Waals surface area contributed by atoms with E-state index in [1.54, 1.807) is 14.1 Å². The fourth-order valence-electron chi connectivity index (χ4n) is 5.68. The SMILES string of the molecule is CN(C)CCCC(NC(=O)C(F)(F)F)C(=O)N1CC2C(C1C(=O)NC(C#N)CC1CCNC1=O)C2(C)C. The second-order valence-corrected chi connectivity index (χ2v) is 11.1. The summed E-state index contributed by atoms with van der Waals surface area (Å²) in [6.07, 6.45) is -4.16. The van der Waals surface area contributed by atoms with Crippen molar-refractivity contribution in [3.05, 3.63) is 0 Å². The number of hydrogen-bond donors (Lipinski definition) is 3. The van der Waals surface area contributed by atoms with Crippen molar-refractivity contribution in [1.29, 1.82) is 5.26 Å². The molecule has 2 saturated heterocycles. The van der Waals surface area contributed by atoms with Crippen molar-refractivity contribution >= 4 is 23.6 Å². The third-order valence-electron chi connectivity index (χ3n) is 7.87. The number of alkyl halides is 3. The summed E-state index contributed by atoms with van der Waals surface area (Å²) >= 11 is 0. The van der Waals surface area contributed by atoms with Gasteiger partial charge in [0.25, 0.3) is 0 Å². The van der Waals surface area contributed by atoms with Gasteiger partial charge in [0, 0.05) is 19.0 Å². The van der Waals surface area contributed by atoms with Gasteiger partial charge in [-0.1, -0.05) is 13.8 Å². The van der Waals surface area contributed by atoms with Gasteiger partial charge in [-0.2, -0.15) is 18.4 Å². The van der Waals surface area contributed by atoms with Gasteiger partial charge < -0.3 is 25.8 Å². The molecule has 4 amide bonds. The van der Waals surface area contributed by atoms with Crippen molar-refractivity contribution in [3.8, 4) is 6.07 Å². The molecule has 37 heavy (non-hydrogen) atoms. The Hall–Kier alpha value is -2.88. The van der Waals surface area contributed by atoms with Gasteiger partial charge >= 0.3 is 12.1 Å². The van der Waals surface area contributed by atoms with E-state index < -0.39 is 47.9 Å². The van der Waals surface area contributed by atoms with Crippen LogP contribution in [0.2, 0.25) is 0 Å². The zero-order valence-corrected chi connectivity index (χ0v) is 21.5. The van der Waals surface area contributed by atoms with E-state index in [0.717, 1.165) is 0 Å². The molecule has 6 unspecified atom stereocenters. The zero-order valence-electron chi connectivity index (χ0n) is 21.5. The predicted octanol–water partition coefficient (Wildman–Crippen LogP) is 0.393. The molecule has 3 fully saturated rings. The van der Waals surface area contributed by atoms with Crippen molar-refractivity contribution in [2.75, 3.05) is 33.7 Å². The molecule has 6 atom stereocenters. The zero-order chi connectivity index (χ0) is 27.7. The molecule has 0 bridgehead atoms. The Morgan fingerprint density at radius 2 is 1.95 bits per heavy atom. The van der Waals surface area contributed by atoms with E-state index in [-0.39, 0.29) is 42.5 Å². The lowest BCUT2D eigenvalue weighted by Gasteiger charge is -2.33. The van der Waals surface area contributed by atoms with Gasteiger partial charge in [0.1, 0.15) is 18.1 Å². The Labute approximate surface area is 214 Å². The number of rotatable bonds is 10. The number of piperidine rings is 1. The van der Waals surface area contributed by atoms with Crippen LogP contribution >= 0.6 is 0 Å². The van der Waals surface area contributed by atoms with E-state index in [2.05, 4.69) is 10.6 Å². The molecule has 206 valence electrons. The van der Waals surface area contributed by atoms with E-state index >= 15 is 0 Å². The number of nitriles is 1. The van der Waals surface area contributed by atoms with Crippen LogP contribution in [-0.4, -0.2) is 91.5 Å². The van der Waals surface area contributed by atoms with Crippen LogP contribution in [0.15, 0.2) is 0 Å². The molecule has 0 radical (unpaired) electrons. The summed E-state index contributed by atoms with van der Waals surface area (Å²) in [7, 11) is 3.56. The second-order valence-electron chi connectivity index (χ2n) is 11.1. The molecule has 0 aromatic carbocycles. The molecule has 3 aliphatic rings. The summed E-state index contributed by atoms with van der Waals surface area (Å²) in [5.74, 6) is -4.39. The molecule has 10 nitrogen and oxygen atoms in total. The summed E-state index contributed by atoms with van der Waals surface area (Å²) in [5.41, 5.74) is -0.262. The first kappa shape index (κ1) is 28.7. The lowest BCUT2D eigenvalue weighted by atomic mass is 9.97. The number of likely N-dealkylation sites (tertiary alicyclic amines) is 1. The minimum absolute atomic E-state index is 0.0278. The molecular weight excluding hydrogens is 493 g/mol. The van der Waals surface area contributed by atoms with Crippen LogP contribution in [0.4, 0.5) is 13.2 Å². The van der Waals surface area contributed by atoms with Crippen LogP contribution in [0.25, 0.3) is 0 Å². The third kappa shape index (κ3) is 6.34. The Bertz CT molecular complexity index is 963. The minimum atomic E-state index is -5.15. The predicted molar refractivity (Wildman–Crippen MR) is 125 cm³/mol. The smallest absolute Gasteiger partial charge is 0.356 e. The number of carbonyl (C=O) groups excluding carboxylic acids is 4. The monoisotopic (exact) mass is 528 g/mol. The van der Waals surface area contributed by atoms with Crippen molar-refractivity contribution in [2.24, 2.45) is 23.2 Å². The average Bonchev–Trinajstić information content (AvgIpc) is 3.16. The average molecular weight is 529 g/mol. The standard InChI is InChI=1S/C24H35F3N6O4/c1-23(2)15-12-33(21(36)16(6-5-9-32(3)4)31-22(37)24(25,26)27)18(17(15)23)20(35)30-14(11-28)10-13-7-8-29-19(13)34/h13-18H,5-10,12H2,1-4H3,(H,29,34)(H,30,35)(H,31,37). The van der Waals surface area contributed by atoms with E-state index in [0.29, 0.717) is 25.9 Å². The van der Waals surface area contributed by atoms with Crippen molar-refractivity contribution < 1.29 is 32.3 Å². The number of carbonyl (C=O) groups is 4. The largest absolute Gasteiger partial charge is 0.471 e. The topological polar surface area (TPSA) is 135 Å². The molecule has 3 N–H and O–H groups in total. The van der Waals surface area contributed by atoms with Gasteiger partial charge in [0.15, 0.2) is 0 Å². The Morgan fingerprint density at radius 1 is 1.27 bits per heavy atom. The summed E-state index contributed by atoms with van der Waals surface area (Å²) < 4.78 is 39.0. The van der Waals surface area contributed by atoms with Gasteiger partial charge in [0.05, 0.1) is 6.07 Å². The molecule has 2 heterocycles. The molecule has 0 spiro atoms. The lowest BCUT2D eigenvalue weighted by molar-refractivity contribution is -0.175. The van der Waals surface area contributed by atoms with Crippen LogP contribution in [0.5, 0.6) is 0 Å². The summed E-state index contributed by atoms with van der Waals surface area (Å²) in [4.78, 5) is 53.5. The number of halogens is 3. The van der Waals surface area contributed by atoms with Crippen LogP contribution in [0.3, 0.4) is 0 Å². The van der Waals surface area contributed by atoms with Gasteiger partial charge in [-0.15, -0.1) is 0 Å². The normalized spacial score (nSPS) is 27.6. The molecule has 0 aromatic heterocycles. The first-order chi connectivity index (χ1) is 17.2. The summed E-state index contributed by atoms with van der Waals surface area (Å²) in [6, 6.07) is -1.39. The maximum atomic E-state index is 13.5. The molecular formula is C24H35F3N6O4. The third-order valence-corrected chi connectivity index (χ3v) is 7.87. The molecule has 3 rings (SSSR count). The van der Waals surface area contributed by atoms with Crippen molar-refractivity contribution in [3.63, 3.8) is 0 Å². The second kappa shape index (κ2) is 10.8. The Kier molecular flexibility index (Phi) is 8.41. The fraction of sp³-hybridized carbons (Fsp3) is 0.792. The molecule has 13 heteroatoms. The Morgan fingerprint density at radius 3 is 2.49 bits per heavy atom. The van der Waals surface area contributed by atoms with Crippen LogP contribution in [-0.2, 0) is 19.2 Å². The van der Waals surface area contributed by atoms with Crippen LogP contribution in [0, 0.1) is 34.5 Å². The van der Waals surface area contributed by atoms with E-state index in [4.69, 9.17) is 0 Å². The number of fused-ring (bicyclic) bond motifs is 1. The van der Waals surface area contributed by atoms with Gasteiger partial charge in [0.2, 0.25) is 17.7 Å². The van der Waals surface area contributed by atoms with Crippen LogP contribution in [0.1, 0.15) is 39.5 Å². The summed E-state index contributed by atoms with van der Waals surface area (Å²) in [5, 5.41) is 16.7. The number of nitrogens with zero attached hydrogens (tertiary/aromatic N) is 3. The lowest BCUT2D eigenvalue weighted by Crippen LogP contribution is -2.58. The minimum Gasteiger partial charge on any atom is -0.356 e. The first-order valence-corrected chi connectivity index (χ1v) is 12.5. The highest BCUT2D eigenvalue weighted by molar-refractivity contribution is 5.94. The van der Waals surface area contributed by atoms with Crippen molar-refractivity contribution in [2.45, 2.75) is 63.8 Å². The molecule has 0 aromatic rings. The van der Waals surface area contributed by atoms with Crippen molar-refractivity contribution in [1.82, 2.24) is 25.8 Å². The highest BCUT2D eigenvalue weighted by atomic mass is 19.4. The fourth-order valence-corrected chi connectivity index (χ4v) is 5.68. The quantitative estimate of drug-likeness (QED) is 0.376. The molecule has 1 aliphatic carbocycles. The van der Waals surface area contributed by atoms with Crippen LogP contribution < -0.4 is 16.0 Å². The molecule has 2 aliphatic heterocycles. The number of nitrogens with one attached hydrogen (secondary N) is 3. The van der Waals surface area contributed by atoms with E-state index in [9.17, 15) is 37.6 Å². The highest BCUT2D eigenvalue weighted by Crippen LogP contribution is 2.64. The number of amides is 4. The maximum absolute atomic E-state index is 13.5. The first-order valence-electron chi connectivity index (χ1n) is 12.5. The van der Waals surface area contributed by atoms with E-state index in [1.807, 2.05) is 30.1 Å². The van der Waals surface area contributed by atoms with Gasteiger partial charge in [-0.25, -0.2) is 0 Å².